The molecule has 5 rings (SSSR count). The molecule has 0 bridgehead atoms. The number of hydrogen-bond acceptors (Lipinski definition) is 9. The Labute approximate surface area is 212 Å². The molecule has 36 heavy (non-hydrogen) atoms. The van der Waals surface area contributed by atoms with Crippen molar-refractivity contribution in [1.29, 1.82) is 0 Å². The lowest BCUT2D eigenvalue weighted by Crippen LogP contribution is -2.36. The summed E-state index contributed by atoms with van der Waals surface area (Å²) in [5.41, 5.74) is 2.95. The van der Waals surface area contributed by atoms with Crippen LogP contribution in [0.25, 0.3) is 5.69 Å². The van der Waals surface area contributed by atoms with E-state index in [0.29, 0.717) is 23.7 Å². The molecule has 1 saturated heterocycles. The molecule has 1 aliphatic rings. The maximum Gasteiger partial charge on any atom is 0.244 e. The Kier molecular flexibility index (Phi) is 7.44. The van der Waals surface area contributed by atoms with E-state index in [0.717, 1.165) is 54.7 Å². The Morgan fingerprint density at radius 1 is 1.06 bits per heavy atom. The zero-order valence-corrected chi connectivity index (χ0v) is 20.6. The van der Waals surface area contributed by atoms with Gasteiger partial charge in [0.05, 0.1) is 37.3 Å². The topological polar surface area (TPSA) is 87.9 Å². The summed E-state index contributed by atoms with van der Waals surface area (Å²) >= 11 is 1.61. The van der Waals surface area contributed by atoms with E-state index in [1.165, 1.54) is 0 Å². The van der Waals surface area contributed by atoms with Crippen LogP contribution >= 0.6 is 11.3 Å². The van der Waals surface area contributed by atoms with Crippen LogP contribution < -0.4 is 19.1 Å². The molecule has 0 radical (unpaired) electrons. The van der Waals surface area contributed by atoms with Gasteiger partial charge in [0.1, 0.15) is 13.2 Å². The van der Waals surface area contributed by atoms with Gasteiger partial charge in [0.15, 0.2) is 22.9 Å². The van der Waals surface area contributed by atoms with Crippen LogP contribution in [0.15, 0.2) is 60.1 Å². The number of carbonyl (C=O) groups is 1. The van der Waals surface area contributed by atoms with Gasteiger partial charge < -0.3 is 23.8 Å². The van der Waals surface area contributed by atoms with E-state index in [-0.39, 0.29) is 12.5 Å². The second kappa shape index (κ2) is 11.2. The maximum atomic E-state index is 11.5. The minimum Gasteiger partial charge on any atom is -0.493 e. The molecule has 0 N–H and O–H groups in total. The highest BCUT2D eigenvalue weighted by Crippen LogP contribution is 2.30. The standard InChI is InChI=1S/C26H26N4O5S/c1-32-24-13-19(16-35-25-20(15-31)14-30(28-25)22-5-3-2-4-6-22)7-8-23(24)34-17-21-18-36-26(27-21)29-9-11-33-12-10-29/h2-8,13-15,18H,9-12,16-17H2,1H3. The van der Waals surface area contributed by atoms with Gasteiger partial charge in [0.2, 0.25) is 5.88 Å². The Hall–Kier alpha value is -3.89. The van der Waals surface area contributed by atoms with Crippen molar-refractivity contribution in [3.63, 3.8) is 0 Å². The number of thiazole rings is 1. The van der Waals surface area contributed by atoms with E-state index < -0.39 is 0 Å². The van der Waals surface area contributed by atoms with Crippen LogP contribution in [0.4, 0.5) is 5.13 Å². The minimum absolute atomic E-state index is 0.221. The van der Waals surface area contributed by atoms with Crippen molar-refractivity contribution in [3.8, 4) is 23.1 Å². The van der Waals surface area contributed by atoms with Gasteiger partial charge in [-0.15, -0.1) is 16.4 Å². The predicted molar refractivity (Wildman–Crippen MR) is 136 cm³/mol. The van der Waals surface area contributed by atoms with Crippen molar-refractivity contribution in [1.82, 2.24) is 14.8 Å². The van der Waals surface area contributed by atoms with Crippen molar-refractivity contribution in [3.05, 3.63) is 76.9 Å². The molecular weight excluding hydrogens is 480 g/mol. The number of morpholine rings is 1. The number of hydrogen-bond donors (Lipinski definition) is 0. The highest BCUT2D eigenvalue weighted by atomic mass is 32.1. The third-order valence-corrected chi connectivity index (χ3v) is 6.61. The van der Waals surface area contributed by atoms with Gasteiger partial charge in [-0.1, -0.05) is 24.3 Å². The second-order valence-electron chi connectivity index (χ2n) is 8.07. The average Bonchev–Trinajstić information content (AvgIpc) is 3.59. The molecule has 9 nitrogen and oxygen atoms in total. The van der Waals surface area contributed by atoms with Crippen LogP contribution in [-0.2, 0) is 18.0 Å². The van der Waals surface area contributed by atoms with Crippen molar-refractivity contribution in [2.75, 3.05) is 38.3 Å². The summed E-state index contributed by atoms with van der Waals surface area (Å²) in [6, 6.07) is 15.1. The van der Waals surface area contributed by atoms with Gasteiger partial charge in [0, 0.05) is 24.7 Å². The SMILES string of the molecule is COc1cc(COc2nn(-c3ccccc3)cc2C=O)ccc1OCc1csc(N2CCOCC2)n1. The van der Waals surface area contributed by atoms with Gasteiger partial charge in [-0.05, 0) is 29.8 Å². The van der Waals surface area contributed by atoms with E-state index >= 15 is 0 Å². The zero-order valence-electron chi connectivity index (χ0n) is 19.8. The van der Waals surface area contributed by atoms with Crippen LogP contribution in [0.3, 0.4) is 0 Å². The monoisotopic (exact) mass is 506 g/mol. The van der Waals surface area contributed by atoms with Gasteiger partial charge in [-0.2, -0.15) is 0 Å². The average molecular weight is 507 g/mol. The number of anilines is 1. The molecule has 0 unspecified atom stereocenters. The molecule has 186 valence electrons. The molecule has 0 aliphatic carbocycles. The number of rotatable bonds is 10. The largest absolute Gasteiger partial charge is 0.493 e. The van der Waals surface area contributed by atoms with Crippen molar-refractivity contribution in [2.45, 2.75) is 13.2 Å². The number of nitrogens with zero attached hydrogens (tertiary/aromatic N) is 4. The van der Waals surface area contributed by atoms with Crippen molar-refractivity contribution in [2.24, 2.45) is 0 Å². The Balaban J connectivity index is 1.22. The van der Waals surface area contributed by atoms with E-state index in [2.05, 4.69) is 10.00 Å². The predicted octanol–water partition coefficient (Wildman–Crippen LogP) is 4.14. The molecule has 2 aromatic heterocycles. The summed E-state index contributed by atoms with van der Waals surface area (Å²) in [4.78, 5) is 18.4. The Morgan fingerprint density at radius 2 is 1.89 bits per heavy atom. The first-order valence-electron chi connectivity index (χ1n) is 11.5. The van der Waals surface area contributed by atoms with Crippen LogP contribution in [0, 0.1) is 0 Å². The van der Waals surface area contributed by atoms with Crippen LogP contribution in [0.5, 0.6) is 17.4 Å². The number of para-hydroxylation sites is 1. The van der Waals surface area contributed by atoms with Gasteiger partial charge >= 0.3 is 0 Å². The fourth-order valence-corrected chi connectivity index (χ4v) is 4.63. The first-order chi connectivity index (χ1) is 17.7. The van der Waals surface area contributed by atoms with Gasteiger partial charge in [-0.25, -0.2) is 9.67 Å². The Bertz CT molecular complexity index is 1300. The van der Waals surface area contributed by atoms with Crippen molar-refractivity contribution >= 4 is 22.8 Å². The van der Waals surface area contributed by atoms with E-state index in [1.54, 1.807) is 29.3 Å². The lowest BCUT2D eigenvalue weighted by atomic mass is 10.2. The van der Waals surface area contributed by atoms with Gasteiger partial charge in [0.25, 0.3) is 0 Å². The Morgan fingerprint density at radius 3 is 2.67 bits per heavy atom. The maximum absolute atomic E-state index is 11.5. The minimum atomic E-state index is 0.221. The summed E-state index contributed by atoms with van der Waals surface area (Å²) in [6.45, 7) is 3.72. The van der Waals surface area contributed by atoms with Gasteiger partial charge in [-0.3, -0.25) is 4.79 Å². The number of aromatic nitrogens is 3. The lowest BCUT2D eigenvalue weighted by Gasteiger charge is -2.26. The van der Waals surface area contributed by atoms with E-state index in [4.69, 9.17) is 23.9 Å². The molecule has 1 fully saturated rings. The first kappa shape index (κ1) is 23.8. The van der Waals surface area contributed by atoms with Crippen molar-refractivity contribution < 1.29 is 23.7 Å². The van der Waals surface area contributed by atoms with Crippen LogP contribution in [-0.4, -0.2) is 54.5 Å². The third-order valence-electron chi connectivity index (χ3n) is 5.65. The molecule has 4 aromatic rings. The summed E-state index contributed by atoms with van der Waals surface area (Å²) in [5, 5.41) is 7.42. The summed E-state index contributed by atoms with van der Waals surface area (Å²) in [7, 11) is 1.60. The summed E-state index contributed by atoms with van der Waals surface area (Å²) in [6.07, 6.45) is 2.39. The molecule has 3 heterocycles. The molecule has 0 saturated carbocycles. The lowest BCUT2D eigenvalue weighted by molar-refractivity contribution is 0.111. The smallest absolute Gasteiger partial charge is 0.244 e. The molecule has 1 aliphatic heterocycles. The number of aldehydes is 1. The number of carbonyl (C=O) groups excluding carboxylic acids is 1. The van der Waals surface area contributed by atoms with E-state index in [1.807, 2.05) is 53.9 Å². The molecule has 0 spiro atoms. The van der Waals surface area contributed by atoms with Crippen LogP contribution in [0.2, 0.25) is 0 Å². The zero-order chi connectivity index (χ0) is 24.7. The molecular formula is C26H26N4O5S. The fraction of sp³-hybridized carbons (Fsp3) is 0.269. The molecule has 10 heteroatoms. The van der Waals surface area contributed by atoms with E-state index in [9.17, 15) is 4.79 Å². The number of ether oxygens (including phenoxy) is 4. The molecule has 0 amide bonds. The highest BCUT2D eigenvalue weighted by molar-refractivity contribution is 7.13. The third kappa shape index (κ3) is 5.50. The fourth-order valence-electron chi connectivity index (χ4n) is 3.76. The summed E-state index contributed by atoms with van der Waals surface area (Å²) < 4.78 is 24.4. The molecule has 2 aromatic carbocycles. The normalized spacial score (nSPS) is 13.4. The number of benzene rings is 2. The highest BCUT2D eigenvalue weighted by Gasteiger charge is 2.16. The molecule has 0 atom stereocenters. The quantitative estimate of drug-likeness (QED) is 0.297. The first-order valence-corrected chi connectivity index (χ1v) is 12.4. The number of methoxy groups -OCH3 is 1. The second-order valence-corrected chi connectivity index (χ2v) is 8.91. The summed E-state index contributed by atoms with van der Waals surface area (Å²) in [5.74, 6) is 1.47. The van der Waals surface area contributed by atoms with Crippen LogP contribution in [0.1, 0.15) is 21.6 Å².